The van der Waals surface area contributed by atoms with Crippen LogP contribution in [0.25, 0.3) is 0 Å². The average Bonchev–Trinajstić information content (AvgIpc) is 2.17. The summed E-state index contributed by atoms with van der Waals surface area (Å²) in [6.45, 7) is 0. The van der Waals surface area contributed by atoms with E-state index < -0.39 is 32.7 Å². The molecule has 0 heterocycles. The van der Waals surface area contributed by atoms with Crippen LogP contribution in [0, 0.1) is 5.82 Å². The van der Waals surface area contributed by atoms with Crippen molar-refractivity contribution in [3.05, 3.63) is 30.1 Å². The molecule has 0 aliphatic carbocycles. The van der Waals surface area contributed by atoms with Crippen molar-refractivity contribution in [3.63, 3.8) is 0 Å². The van der Waals surface area contributed by atoms with Crippen molar-refractivity contribution >= 4 is 16.8 Å². The van der Waals surface area contributed by atoms with E-state index >= 15 is 0 Å². The molecule has 1 atom stereocenters. The second-order valence-electron chi connectivity index (χ2n) is 2.52. The van der Waals surface area contributed by atoms with Crippen molar-refractivity contribution in [1.29, 1.82) is 0 Å². The molecule has 1 rings (SSSR count). The maximum Gasteiger partial charge on any atom is 0.419 e. The van der Waals surface area contributed by atoms with Crippen molar-refractivity contribution in [3.8, 4) is 0 Å². The van der Waals surface area contributed by atoms with Gasteiger partial charge in [0.15, 0.2) is 0 Å². The number of benzene rings is 1. The molecule has 0 aromatic heterocycles. The molecule has 0 aliphatic rings. The lowest BCUT2D eigenvalue weighted by Gasteiger charge is -2.10. The van der Waals surface area contributed by atoms with E-state index in [1.54, 1.807) is 0 Å². The highest BCUT2D eigenvalue weighted by Crippen LogP contribution is 2.26. The molecule has 0 spiro atoms. The summed E-state index contributed by atoms with van der Waals surface area (Å²) in [5.41, 5.74) is 0. The summed E-state index contributed by atoms with van der Waals surface area (Å²) in [4.78, 5) is 9.25. The van der Waals surface area contributed by atoms with Crippen LogP contribution in [0.3, 0.4) is 0 Å². The van der Waals surface area contributed by atoms with Gasteiger partial charge in [-0.3, -0.25) is 0 Å². The van der Waals surface area contributed by atoms with E-state index in [0.717, 1.165) is 12.1 Å². The fourth-order valence-corrected chi connectivity index (χ4v) is 1.69. The van der Waals surface area contributed by atoms with Gasteiger partial charge in [-0.2, -0.15) is 8.78 Å². The zero-order valence-corrected chi connectivity index (χ0v) is 7.93. The monoisotopic (exact) mass is 238 g/mol. The topological polar surface area (TPSA) is 54.4 Å². The first-order valence-corrected chi connectivity index (χ1v) is 4.80. The Morgan fingerprint density at radius 1 is 1.33 bits per heavy atom. The number of hydrogen-bond acceptors (Lipinski definition) is 2. The van der Waals surface area contributed by atoms with E-state index in [-0.39, 0.29) is 0 Å². The van der Waals surface area contributed by atoms with Crippen molar-refractivity contribution in [2.75, 3.05) is 0 Å². The van der Waals surface area contributed by atoms with Crippen LogP contribution in [0.1, 0.15) is 0 Å². The Morgan fingerprint density at radius 2 is 1.87 bits per heavy atom. The smallest absolute Gasteiger partial charge is 0.419 e. The molecule has 1 aromatic carbocycles. The second kappa shape index (κ2) is 4.01. The van der Waals surface area contributed by atoms with Crippen molar-refractivity contribution < 1.29 is 27.3 Å². The molecule has 1 aromatic rings. The van der Waals surface area contributed by atoms with Gasteiger partial charge in [0, 0.05) is 0 Å². The fraction of sp³-hybridized carbons (Fsp3) is 0.125. The standard InChI is InChI=1S/C8H5F3O3S/c9-5-3-1-2-4-6(5)15(14)8(10,11)7(12)13/h1-4H,(H,12,13). The van der Waals surface area contributed by atoms with Gasteiger partial charge in [0.25, 0.3) is 0 Å². The van der Waals surface area contributed by atoms with E-state index in [9.17, 15) is 22.2 Å². The minimum atomic E-state index is -4.50. The van der Waals surface area contributed by atoms with Crippen LogP contribution in [-0.4, -0.2) is 20.5 Å². The highest BCUT2D eigenvalue weighted by molar-refractivity contribution is 7.87. The first-order chi connectivity index (χ1) is 6.87. The summed E-state index contributed by atoms with van der Waals surface area (Å²) < 4.78 is 49.5. The summed E-state index contributed by atoms with van der Waals surface area (Å²) in [5, 5.41) is 3.60. The third kappa shape index (κ3) is 2.17. The Labute approximate surface area is 85.0 Å². The summed E-state index contributed by atoms with van der Waals surface area (Å²) in [5.74, 6) is -3.68. The quantitative estimate of drug-likeness (QED) is 0.870. The second-order valence-corrected chi connectivity index (χ2v) is 4.01. The Balaban J connectivity index is 3.16. The molecule has 0 saturated carbocycles. The van der Waals surface area contributed by atoms with Crippen LogP contribution in [0.15, 0.2) is 29.2 Å². The molecule has 82 valence electrons. The molecule has 1 N–H and O–H groups in total. The number of rotatable bonds is 3. The van der Waals surface area contributed by atoms with Crippen LogP contribution in [-0.2, 0) is 15.6 Å². The zero-order chi connectivity index (χ0) is 11.6. The zero-order valence-electron chi connectivity index (χ0n) is 7.12. The Bertz CT molecular complexity index is 419. The number of carboxylic acid groups (broad SMARTS) is 1. The van der Waals surface area contributed by atoms with E-state index in [4.69, 9.17) is 5.11 Å². The van der Waals surface area contributed by atoms with Crippen LogP contribution >= 0.6 is 0 Å². The summed E-state index contributed by atoms with van der Waals surface area (Å²) in [6.07, 6.45) is 0. The van der Waals surface area contributed by atoms with Crippen LogP contribution < -0.4 is 0 Å². The number of aliphatic carboxylic acids is 1. The fourth-order valence-electron chi connectivity index (χ4n) is 0.812. The van der Waals surface area contributed by atoms with Crippen LogP contribution in [0.2, 0.25) is 0 Å². The molecule has 0 amide bonds. The molecule has 0 aliphatic heterocycles. The number of carbonyl (C=O) groups is 1. The maximum atomic E-state index is 12.9. The number of alkyl halides is 2. The maximum absolute atomic E-state index is 12.9. The van der Waals surface area contributed by atoms with Gasteiger partial charge in [-0.25, -0.2) is 13.4 Å². The van der Waals surface area contributed by atoms with Crippen molar-refractivity contribution in [2.24, 2.45) is 0 Å². The van der Waals surface area contributed by atoms with Gasteiger partial charge in [0.1, 0.15) is 16.6 Å². The van der Waals surface area contributed by atoms with Gasteiger partial charge in [0.05, 0.1) is 4.90 Å². The van der Waals surface area contributed by atoms with Gasteiger partial charge in [-0.15, -0.1) is 0 Å². The van der Waals surface area contributed by atoms with Gasteiger partial charge in [-0.1, -0.05) is 12.1 Å². The highest BCUT2D eigenvalue weighted by Gasteiger charge is 2.47. The first-order valence-electron chi connectivity index (χ1n) is 3.65. The van der Waals surface area contributed by atoms with Gasteiger partial charge in [0.2, 0.25) is 0 Å². The van der Waals surface area contributed by atoms with Crippen molar-refractivity contribution in [1.82, 2.24) is 0 Å². The lowest BCUT2D eigenvalue weighted by atomic mass is 10.3. The minimum absolute atomic E-state index is 0.825. The lowest BCUT2D eigenvalue weighted by molar-refractivity contribution is -0.153. The molecule has 7 heteroatoms. The Morgan fingerprint density at radius 3 is 2.33 bits per heavy atom. The molecule has 0 fully saturated rings. The molecule has 15 heavy (non-hydrogen) atoms. The molecule has 0 bridgehead atoms. The molecule has 3 nitrogen and oxygen atoms in total. The Kier molecular flexibility index (Phi) is 3.13. The lowest BCUT2D eigenvalue weighted by Crippen LogP contribution is -2.33. The van der Waals surface area contributed by atoms with E-state index in [1.807, 2.05) is 0 Å². The molecular weight excluding hydrogens is 233 g/mol. The van der Waals surface area contributed by atoms with Gasteiger partial charge < -0.3 is 5.11 Å². The molecule has 0 saturated heterocycles. The largest absolute Gasteiger partial charge is 0.476 e. The number of halogens is 3. The van der Waals surface area contributed by atoms with Gasteiger partial charge in [-0.05, 0) is 12.1 Å². The average molecular weight is 238 g/mol. The third-order valence-corrected chi connectivity index (χ3v) is 2.89. The third-order valence-electron chi connectivity index (χ3n) is 1.52. The van der Waals surface area contributed by atoms with E-state index in [0.29, 0.717) is 0 Å². The first kappa shape index (κ1) is 11.7. The number of hydrogen-bond donors (Lipinski definition) is 1. The predicted molar refractivity (Wildman–Crippen MR) is 45.4 cm³/mol. The van der Waals surface area contributed by atoms with E-state index in [1.165, 1.54) is 12.1 Å². The molecular formula is C8H5F3O3S. The van der Waals surface area contributed by atoms with Gasteiger partial charge >= 0.3 is 11.2 Å². The predicted octanol–water partition coefficient (Wildman–Crippen LogP) is 1.61. The van der Waals surface area contributed by atoms with Crippen LogP contribution in [0.5, 0.6) is 0 Å². The van der Waals surface area contributed by atoms with Crippen LogP contribution in [0.4, 0.5) is 13.2 Å². The van der Waals surface area contributed by atoms with E-state index in [2.05, 4.69) is 0 Å². The minimum Gasteiger partial charge on any atom is -0.476 e. The summed E-state index contributed by atoms with van der Waals surface area (Å²) >= 11 is 0. The number of carboxylic acids is 1. The SMILES string of the molecule is O=C(O)C(F)(F)S(=O)c1ccccc1F. The Hall–Kier alpha value is -1.37. The normalized spacial score (nSPS) is 13.5. The molecule has 1 unspecified atom stereocenters. The highest BCUT2D eigenvalue weighted by atomic mass is 32.2. The van der Waals surface area contributed by atoms with Crippen molar-refractivity contribution in [2.45, 2.75) is 10.2 Å². The summed E-state index contributed by atoms with van der Waals surface area (Å²) in [7, 11) is -3.24. The summed E-state index contributed by atoms with van der Waals surface area (Å²) in [6, 6.07) is 4.08. The molecule has 0 radical (unpaired) electrons.